The molecule has 0 amide bonds. The van der Waals surface area contributed by atoms with Gasteiger partial charge in [-0.25, -0.2) is 0 Å². The number of aromatic nitrogens is 1. The van der Waals surface area contributed by atoms with E-state index in [2.05, 4.69) is 4.98 Å². The lowest BCUT2D eigenvalue weighted by Gasteiger charge is -2.27. The van der Waals surface area contributed by atoms with E-state index in [0.29, 0.717) is 18.9 Å². The highest BCUT2D eigenvalue weighted by atomic mass is 16.6. The van der Waals surface area contributed by atoms with Crippen molar-refractivity contribution in [1.29, 1.82) is 0 Å². The van der Waals surface area contributed by atoms with Crippen LogP contribution in [-0.4, -0.2) is 24.3 Å². The van der Waals surface area contributed by atoms with E-state index in [1.54, 1.807) is 12.4 Å². The van der Waals surface area contributed by atoms with Crippen molar-refractivity contribution in [2.45, 2.75) is 6.10 Å². The molecule has 4 nitrogen and oxygen atoms in total. The maximum Gasteiger partial charge on any atom is 0.145 e. The summed E-state index contributed by atoms with van der Waals surface area (Å²) in [5.74, 6) is 0.729. The Morgan fingerprint density at radius 2 is 2.19 bits per heavy atom. The SMILES string of the molecule is Nc1c(OC2COC2)ccc2cnccc12. The maximum atomic E-state index is 6.05. The summed E-state index contributed by atoms with van der Waals surface area (Å²) in [6.07, 6.45) is 3.67. The molecule has 3 rings (SSSR count). The number of benzene rings is 1. The second-order valence-electron chi connectivity index (χ2n) is 3.85. The van der Waals surface area contributed by atoms with Gasteiger partial charge < -0.3 is 15.2 Å². The van der Waals surface area contributed by atoms with Crippen LogP contribution in [0.25, 0.3) is 10.8 Å². The molecule has 0 radical (unpaired) electrons. The molecule has 0 spiro atoms. The van der Waals surface area contributed by atoms with E-state index in [4.69, 9.17) is 15.2 Å². The molecule has 82 valence electrons. The minimum Gasteiger partial charge on any atom is -0.483 e. The van der Waals surface area contributed by atoms with Crippen molar-refractivity contribution >= 4 is 16.5 Å². The first kappa shape index (κ1) is 9.42. The van der Waals surface area contributed by atoms with Crippen LogP contribution >= 0.6 is 0 Å². The van der Waals surface area contributed by atoms with Crippen LogP contribution < -0.4 is 10.5 Å². The normalized spacial score (nSPS) is 16.0. The highest BCUT2D eigenvalue weighted by Gasteiger charge is 2.21. The summed E-state index contributed by atoms with van der Waals surface area (Å²) in [5.41, 5.74) is 6.73. The Bertz CT molecular complexity index is 523. The number of hydrogen-bond donors (Lipinski definition) is 1. The fourth-order valence-corrected chi connectivity index (χ4v) is 1.74. The van der Waals surface area contributed by atoms with Gasteiger partial charge in [-0.05, 0) is 18.2 Å². The summed E-state index contributed by atoms with van der Waals surface area (Å²) in [7, 11) is 0. The van der Waals surface area contributed by atoms with Crippen molar-refractivity contribution in [3.63, 3.8) is 0 Å². The zero-order chi connectivity index (χ0) is 11.0. The molecule has 1 fully saturated rings. The largest absolute Gasteiger partial charge is 0.483 e. The highest BCUT2D eigenvalue weighted by Crippen LogP contribution is 2.31. The molecule has 1 aromatic heterocycles. The van der Waals surface area contributed by atoms with Gasteiger partial charge in [0.2, 0.25) is 0 Å². The van der Waals surface area contributed by atoms with Crippen LogP contribution in [0.1, 0.15) is 0 Å². The summed E-state index contributed by atoms with van der Waals surface area (Å²) in [6.45, 7) is 1.29. The van der Waals surface area contributed by atoms with E-state index in [1.165, 1.54) is 0 Å². The second kappa shape index (κ2) is 3.64. The molecule has 0 bridgehead atoms. The molecule has 1 aliphatic rings. The Morgan fingerprint density at radius 3 is 2.94 bits per heavy atom. The molecule has 0 unspecified atom stereocenters. The number of fused-ring (bicyclic) bond motifs is 1. The molecule has 2 heterocycles. The Hall–Kier alpha value is -1.81. The van der Waals surface area contributed by atoms with Gasteiger partial charge in [0.25, 0.3) is 0 Å². The van der Waals surface area contributed by atoms with E-state index < -0.39 is 0 Å². The lowest BCUT2D eigenvalue weighted by atomic mass is 10.1. The predicted molar refractivity (Wildman–Crippen MR) is 61.4 cm³/mol. The molecule has 0 saturated carbocycles. The van der Waals surface area contributed by atoms with Crippen LogP contribution in [0.3, 0.4) is 0 Å². The molecule has 0 atom stereocenters. The van der Waals surface area contributed by atoms with E-state index in [1.807, 2.05) is 18.2 Å². The molecule has 2 N–H and O–H groups in total. The van der Waals surface area contributed by atoms with Gasteiger partial charge in [0.1, 0.15) is 11.9 Å². The zero-order valence-electron chi connectivity index (χ0n) is 8.72. The number of nitrogens with two attached hydrogens (primary N) is 1. The average Bonchev–Trinajstić information content (AvgIpc) is 2.26. The quantitative estimate of drug-likeness (QED) is 0.774. The third-order valence-corrected chi connectivity index (χ3v) is 2.72. The molecule has 2 aromatic rings. The molecule has 1 saturated heterocycles. The van der Waals surface area contributed by atoms with Crippen molar-refractivity contribution in [2.75, 3.05) is 18.9 Å². The zero-order valence-corrected chi connectivity index (χ0v) is 8.72. The fraction of sp³-hybridized carbons (Fsp3) is 0.250. The summed E-state index contributed by atoms with van der Waals surface area (Å²) < 4.78 is 10.8. The second-order valence-corrected chi connectivity index (χ2v) is 3.85. The third-order valence-electron chi connectivity index (χ3n) is 2.72. The smallest absolute Gasteiger partial charge is 0.145 e. The van der Waals surface area contributed by atoms with E-state index >= 15 is 0 Å². The first-order chi connectivity index (χ1) is 7.84. The molecule has 0 aliphatic carbocycles. The average molecular weight is 216 g/mol. The number of nitrogen functional groups attached to an aromatic ring is 1. The van der Waals surface area contributed by atoms with Crippen LogP contribution in [0.2, 0.25) is 0 Å². The molecular weight excluding hydrogens is 204 g/mol. The summed E-state index contributed by atoms with van der Waals surface area (Å²) in [6, 6.07) is 5.75. The topological polar surface area (TPSA) is 57.4 Å². The van der Waals surface area contributed by atoms with Crippen molar-refractivity contribution < 1.29 is 9.47 Å². The number of pyridine rings is 1. The van der Waals surface area contributed by atoms with Crippen LogP contribution in [0.15, 0.2) is 30.6 Å². The van der Waals surface area contributed by atoms with Gasteiger partial charge >= 0.3 is 0 Å². The Balaban J connectivity index is 2.01. The first-order valence-corrected chi connectivity index (χ1v) is 5.21. The van der Waals surface area contributed by atoms with Gasteiger partial charge in [-0.3, -0.25) is 4.98 Å². The Morgan fingerprint density at radius 1 is 1.31 bits per heavy atom. The van der Waals surface area contributed by atoms with Crippen molar-refractivity contribution in [1.82, 2.24) is 4.98 Å². The van der Waals surface area contributed by atoms with Crippen LogP contribution in [0, 0.1) is 0 Å². The van der Waals surface area contributed by atoms with Crippen molar-refractivity contribution in [3.05, 3.63) is 30.6 Å². The lowest BCUT2D eigenvalue weighted by molar-refractivity contribution is -0.0793. The number of hydrogen-bond acceptors (Lipinski definition) is 4. The summed E-state index contributed by atoms with van der Waals surface area (Å²) >= 11 is 0. The Labute approximate surface area is 93.0 Å². The number of ether oxygens (including phenoxy) is 2. The van der Waals surface area contributed by atoms with Crippen LogP contribution in [0.4, 0.5) is 5.69 Å². The molecule has 1 aromatic carbocycles. The Kier molecular flexibility index (Phi) is 2.15. The number of nitrogens with zero attached hydrogens (tertiary/aromatic N) is 1. The molecule has 16 heavy (non-hydrogen) atoms. The van der Waals surface area contributed by atoms with Gasteiger partial charge in [0.05, 0.1) is 18.9 Å². The van der Waals surface area contributed by atoms with Gasteiger partial charge in [0, 0.05) is 23.2 Å². The van der Waals surface area contributed by atoms with Gasteiger partial charge in [-0.1, -0.05) is 0 Å². The summed E-state index contributed by atoms with van der Waals surface area (Å²) in [4.78, 5) is 4.06. The predicted octanol–water partition coefficient (Wildman–Crippen LogP) is 1.59. The lowest BCUT2D eigenvalue weighted by Crippen LogP contribution is -2.38. The minimum absolute atomic E-state index is 0.140. The molecular formula is C12H12N2O2. The standard InChI is InChI=1S/C12H12N2O2/c13-12-10-3-4-14-5-8(10)1-2-11(12)16-9-6-15-7-9/h1-5,9H,6-7,13H2. The van der Waals surface area contributed by atoms with Crippen LogP contribution in [0.5, 0.6) is 5.75 Å². The van der Waals surface area contributed by atoms with Gasteiger partial charge in [-0.15, -0.1) is 0 Å². The maximum absolute atomic E-state index is 6.05. The van der Waals surface area contributed by atoms with Crippen molar-refractivity contribution in [2.24, 2.45) is 0 Å². The first-order valence-electron chi connectivity index (χ1n) is 5.21. The van der Waals surface area contributed by atoms with E-state index in [0.717, 1.165) is 16.5 Å². The highest BCUT2D eigenvalue weighted by molar-refractivity contribution is 5.95. The number of anilines is 1. The number of rotatable bonds is 2. The van der Waals surface area contributed by atoms with Gasteiger partial charge in [-0.2, -0.15) is 0 Å². The molecule has 4 heteroatoms. The summed E-state index contributed by atoms with van der Waals surface area (Å²) in [5, 5.41) is 2.00. The third kappa shape index (κ3) is 1.47. The monoisotopic (exact) mass is 216 g/mol. The minimum atomic E-state index is 0.140. The molecule has 1 aliphatic heterocycles. The fourth-order valence-electron chi connectivity index (χ4n) is 1.74. The van der Waals surface area contributed by atoms with Crippen LogP contribution in [-0.2, 0) is 4.74 Å². The van der Waals surface area contributed by atoms with E-state index in [-0.39, 0.29) is 6.10 Å². The van der Waals surface area contributed by atoms with Gasteiger partial charge in [0.15, 0.2) is 0 Å². The van der Waals surface area contributed by atoms with Crippen molar-refractivity contribution in [3.8, 4) is 5.75 Å². The van der Waals surface area contributed by atoms with E-state index in [9.17, 15) is 0 Å².